The summed E-state index contributed by atoms with van der Waals surface area (Å²) in [6.07, 6.45) is 4.66. The van der Waals surface area contributed by atoms with Gasteiger partial charge in [-0.2, -0.15) is 0 Å². The van der Waals surface area contributed by atoms with Crippen molar-refractivity contribution in [1.29, 1.82) is 0 Å². The van der Waals surface area contributed by atoms with Crippen molar-refractivity contribution < 1.29 is 14.3 Å². The lowest BCUT2D eigenvalue weighted by Crippen LogP contribution is -2.05. The summed E-state index contributed by atoms with van der Waals surface area (Å²) in [7, 11) is 0. The number of ether oxygens (including phenoxy) is 1. The Morgan fingerprint density at radius 1 is 1.20 bits per heavy atom. The first-order chi connectivity index (χ1) is 12.1. The molecule has 1 heterocycles. The maximum atomic E-state index is 12.8. The second kappa shape index (κ2) is 7.62. The Labute approximate surface area is 150 Å². The fraction of sp³-hybridized carbons (Fsp3) is 0.250. The van der Waals surface area contributed by atoms with Crippen molar-refractivity contribution in [2.24, 2.45) is 0 Å². The van der Waals surface area contributed by atoms with Gasteiger partial charge in [0.25, 0.3) is 0 Å². The minimum Gasteiger partial charge on any atom is -0.506 e. The SMILES string of the molecule is CCCCCOc1cccc(-c2coc3cc(O)c(Cl)cc3c2=O)c1. The number of phenolic OH excluding ortho intramolecular Hbond substituents is 1. The van der Waals surface area contributed by atoms with Crippen molar-refractivity contribution in [2.75, 3.05) is 6.61 Å². The first-order valence-electron chi connectivity index (χ1n) is 8.27. The smallest absolute Gasteiger partial charge is 0.200 e. The van der Waals surface area contributed by atoms with Crippen LogP contribution in [0, 0.1) is 0 Å². The third-order valence-corrected chi connectivity index (χ3v) is 4.31. The fourth-order valence-electron chi connectivity index (χ4n) is 2.63. The van der Waals surface area contributed by atoms with Crippen LogP contribution in [0.15, 0.2) is 51.9 Å². The summed E-state index contributed by atoms with van der Waals surface area (Å²) in [6.45, 7) is 2.80. The minimum absolute atomic E-state index is 0.116. The van der Waals surface area contributed by atoms with E-state index in [-0.39, 0.29) is 16.2 Å². The van der Waals surface area contributed by atoms with Gasteiger partial charge in [-0.15, -0.1) is 0 Å². The molecule has 1 N–H and O–H groups in total. The molecule has 0 fully saturated rings. The van der Waals surface area contributed by atoms with Crippen molar-refractivity contribution in [3.05, 3.63) is 57.9 Å². The number of hydrogen-bond acceptors (Lipinski definition) is 4. The molecule has 0 saturated carbocycles. The van der Waals surface area contributed by atoms with Crippen LogP contribution in [0.4, 0.5) is 0 Å². The third kappa shape index (κ3) is 3.80. The van der Waals surface area contributed by atoms with E-state index >= 15 is 0 Å². The van der Waals surface area contributed by atoms with Crippen molar-refractivity contribution >= 4 is 22.6 Å². The zero-order valence-electron chi connectivity index (χ0n) is 13.9. The van der Waals surface area contributed by atoms with Crippen LogP contribution in [0.3, 0.4) is 0 Å². The molecular formula is C20H19ClO4. The molecule has 2 aromatic carbocycles. The van der Waals surface area contributed by atoms with E-state index in [1.807, 2.05) is 24.3 Å². The monoisotopic (exact) mass is 358 g/mol. The summed E-state index contributed by atoms with van der Waals surface area (Å²) in [5, 5.41) is 10.1. The molecule has 4 nitrogen and oxygen atoms in total. The first-order valence-corrected chi connectivity index (χ1v) is 8.65. The first kappa shape index (κ1) is 17.4. The molecular weight excluding hydrogens is 340 g/mol. The predicted octanol–water partition coefficient (Wildman–Crippen LogP) is 5.39. The molecule has 130 valence electrons. The molecule has 0 spiro atoms. The lowest BCUT2D eigenvalue weighted by Gasteiger charge is -2.08. The quantitative estimate of drug-likeness (QED) is 0.600. The van der Waals surface area contributed by atoms with E-state index < -0.39 is 0 Å². The van der Waals surface area contributed by atoms with E-state index in [9.17, 15) is 9.90 Å². The number of fused-ring (bicyclic) bond motifs is 1. The molecule has 5 heteroatoms. The second-order valence-electron chi connectivity index (χ2n) is 5.86. The third-order valence-electron chi connectivity index (χ3n) is 4.00. The predicted molar refractivity (Wildman–Crippen MR) is 99.6 cm³/mol. The maximum absolute atomic E-state index is 12.8. The van der Waals surface area contributed by atoms with Crippen molar-refractivity contribution in [3.63, 3.8) is 0 Å². The van der Waals surface area contributed by atoms with Gasteiger partial charge in [-0.25, -0.2) is 0 Å². The van der Waals surface area contributed by atoms with Crippen molar-refractivity contribution in [2.45, 2.75) is 26.2 Å². The van der Waals surface area contributed by atoms with E-state index in [1.54, 1.807) is 0 Å². The number of hydrogen-bond donors (Lipinski definition) is 1. The topological polar surface area (TPSA) is 59.7 Å². The molecule has 0 unspecified atom stereocenters. The van der Waals surface area contributed by atoms with Crippen LogP contribution >= 0.6 is 11.6 Å². The van der Waals surface area contributed by atoms with E-state index in [0.717, 1.165) is 25.0 Å². The van der Waals surface area contributed by atoms with Crippen LogP contribution in [0.2, 0.25) is 5.02 Å². The lowest BCUT2D eigenvalue weighted by molar-refractivity contribution is 0.306. The van der Waals surface area contributed by atoms with Gasteiger partial charge in [0.15, 0.2) is 0 Å². The Morgan fingerprint density at radius 3 is 2.84 bits per heavy atom. The van der Waals surface area contributed by atoms with E-state index in [1.165, 1.54) is 18.4 Å². The van der Waals surface area contributed by atoms with Crippen LogP contribution in [-0.4, -0.2) is 11.7 Å². The summed E-state index contributed by atoms with van der Waals surface area (Å²) < 4.78 is 11.3. The Bertz CT molecular complexity index is 946. The van der Waals surface area contributed by atoms with Crippen LogP contribution in [-0.2, 0) is 0 Å². The number of benzene rings is 2. The van der Waals surface area contributed by atoms with Crippen LogP contribution in [0.5, 0.6) is 11.5 Å². The number of phenols is 1. The van der Waals surface area contributed by atoms with Gasteiger partial charge in [0.1, 0.15) is 23.3 Å². The molecule has 0 atom stereocenters. The van der Waals surface area contributed by atoms with Gasteiger partial charge in [0, 0.05) is 6.07 Å². The molecule has 0 saturated heterocycles. The van der Waals surface area contributed by atoms with Gasteiger partial charge >= 0.3 is 0 Å². The van der Waals surface area contributed by atoms with E-state index in [4.69, 9.17) is 20.8 Å². The maximum Gasteiger partial charge on any atom is 0.200 e. The van der Waals surface area contributed by atoms with Crippen LogP contribution < -0.4 is 10.2 Å². The molecule has 0 amide bonds. The van der Waals surface area contributed by atoms with Gasteiger partial charge < -0.3 is 14.3 Å². The zero-order chi connectivity index (χ0) is 17.8. The number of unbranched alkanes of at least 4 members (excludes halogenated alkanes) is 2. The Kier molecular flexibility index (Phi) is 5.29. The molecule has 3 rings (SSSR count). The molecule has 0 radical (unpaired) electrons. The van der Waals surface area contributed by atoms with Gasteiger partial charge in [-0.3, -0.25) is 4.79 Å². The standard InChI is InChI=1S/C20H19ClO4/c1-2-3-4-8-24-14-7-5-6-13(9-14)16-12-25-19-11-18(22)17(21)10-15(19)20(16)23/h5-7,9-12,22H,2-4,8H2,1H3. The van der Waals surface area contributed by atoms with Crippen LogP contribution in [0.25, 0.3) is 22.1 Å². The van der Waals surface area contributed by atoms with Crippen molar-refractivity contribution in [1.82, 2.24) is 0 Å². The summed E-state index contributed by atoms with van der Waals surface area (Å²) in [5.74, 6) is 0.601. The zero-order valence-corrected chi connectivity index (χ0v) is 14.7. The largest absolute Gasteiger partial charge is 0.506 e. The number of aromatic hydroxyl groups is 1. The van der Waals surface area contributed by atoms with Crippen molar-refractivity contribution in [3.8, 4) is 22.6 Å². The molecule has 25 heavy (non-hydrogen) atoms. The summed E-state index contributed by atoms with van der Waals surface area (Å²) in [5.41, 5.74) is 1.23. The highest BCUT2D eigenvalue weighted by Gasteiger charge is 2.12. The molecule has 3 aromatic rings. The molecule has 0 aliphatic heterocycles. The highest BCUT2D eigenvalue weighted by molar-refractivity contribution is 6.32. The molecule has 0 aliphatic carbocycles. The van der Waals surface area contributed by atoms with Gasteiger partial charge in [-0.05, 0) is 30.2 Å². The fourth-order valence-corrected chi connectivity index (χ4v) is 2.80. The number of halogens is 1. The molecule has 0 aliphatic rings. The average molecular weight is 359 g/mol. The van der Waals surface area contributed by atoms with Gasteiger partial charge in [0.2, 0.25) is 5.43 Å². The normalized spacial score (nSPS) is 11.0. The average Bonchev–Trinajstić information content (AvgIpc) is 2.61. The summed E-state index contributed by atoms with van der Waals surface area (Å²) in [4.78, 5) is 12.8. The van der Waals surface area contributed by atoms with E-state index in [0.29, 0.717) is 28.7 Å². The Morgan fingerprint density at radius 2 is 2.04 bits per heavy atom. The molecule has 1 aromatic heterocycles. The van der Waals surface area contributed by atoms with E-state index in [2.05, 4.69) is 6.92 Å². The lowest BCUT2D eigenvalue weighted by atomic mass is 10.1. The molecule has 0 bridgehead atoms. The van der Waals surface area contributed by atoms with Crippen LogP contribution in [0.1, 0.15) is 26.2 Å². The minimum atomic E-state index is -0.203. The van der Waals surface area contributed by atoms with Gasteiger partial charge in [0.05, 0.1) is 22.6 Å². The Balaban J connectivity index is 1.95. The second-order valence-corrected chi connectivity index (χ2v) is 6.27. The number of rotatable bonds is 6. The van der Waals surface area contributed by atoms with Gasteiger partial charge in [-0.1, -0.05) is 43.5 Å². The Hall–Kier alpha value is -2.46. The summed E-state index contributed by atoms with van der Waals surface area (Å²) >= 11 is 5.92. The highest BCUT2D eigenvalue weighted by Crippen LogP contribution is 2.29. The highest BCUT2D eigenvalue weighted by atomic mass is 35.5. The summed E-state index contributed by atoms with van der Waals surface area (Å²) in [6, 6.07) is 10.1.